The molecule has 0 amide bonds. The molecule has 0 fully saturated rings. The number of aliphatic carboxylic acids is 3. The number of carboxylic acid groups (broad SMARTS) is 3. The van der Waals surface area contributed by atoms with E-state index in [1.54, 1.807) is 0 Å². The Morgan fingerprint density at radius 3 is 0.651 bits per heavy atom. The van der Waals surface area contributed by atoms with Crippen LogP contribution in [0.5, 0.6) is 0 Å². The Bertz CT molecular complexity index is 464. The molecule has 43 heavy (non-hydrogen) atoms. The third-order valence-corrected chi connectivity index (χ3v) is 5.98. The molecule has 0 heterocycles. The summed E-state index contributed by atoms with van der Waals surface area (Å²) in [5, 5.41) is 46.6. The quantitative estimate of drug-likeness (QED) is 0.0429. The first kappa shape index (κ1) is 58.4. The molecule has 0 rings (SSSR count). The maximum absolute atomic E-state index is 10.1. The molecule has 0 bridgehead atoms. The van der Waals surface area contributed by atoms with Gasteiger partial charge in [-0.15, -0.1) is 0 Å². The molecule has 0 saturated heterocycles. The first-order valence-electron chi connectivity index (χ1n) is 15.7. The van der Waals surface area contributed by atoms with Crippen LogP contribution in [-0.2, 0) is 64.7 Å². The molecular formula is C30H63BCo3O9. The van der Waals surface area contributed by atoms with Gasteiger partial charge >= 0.3 is 25.2 Å². The topological polar surface area (TPSA) is 173 Å². The normalized spacial score (nSPS) is 9.07. The van der Waals surface area contributed by atoms with Crippen LogP contribution in [0, 0.1) is 0 Å². The Balaban J connectivity index is -0.0000000822. The summed E-state index contributed by atoms with van der Waals surface area (Å²) in [7, 11) is -2.17. The van der Waals surface area contributed by atoms with Crippen LogP contribution in [0.1, 0.15) is 175 Å². The maximum Gasteiger partial charge on any atom is 0.631 e. The summed E-state index contributed by atoms with van der Waals surface area (Å²) in [5.41, 5.74) is 0. The van der Waals surface area contributed by atoms with E-state index in [1.807, 2.05) is 0 Å². The second kappa shape index (κ2) is 54.4. The smallest absolute Gasteiger partial charge is 0.481 e. The van der Waals surface area contributed by atoms with Crippen LogP contribution in [0.2, 0.25) is 0 Å². The van der Waals surface area contributed by atoms with E-state index >= 15 is 0 Å². The fourth-order valence-electron chi connectivity index (χ4n) is 3.70. The van der Waals surface area contributed by atoms with Gasteiger partial charge in [0, 0.05) is 69.6 Å². The summed E-state index contributed by atoms with van der Waals surface area (Å²) in [5.74, 6) is -1.99. The van der Waals surface area contributed by atoms with Gasteiger partial charge in [0.25, 0.3) is 0 Å². The fourth-order valence-corrected chi connectivity index (χ4v) is 3.70. The number of hydrogen-bond acceptors (Lipinski definition) is 6. The molecule has 0 aliphatic heterocycles. The second-order valence-corrected chi connectivity index (χ2v) is 10.1. The average Bonchev–Trinajstić information content (AvgIpc) is 2.87. The number of carbonyl (C=O) groups is 3. The zero-order chi connectivity index (χ0) is 31.3. The van der Waals surface area contributed by atoms with Crippen molar-refractivity contribution in [3.8, 4) is 0 Å². The molecule has 13 heteroatoms. The minimum absolute atomic E-state index is 0. The number of unbranched alkanes of at least 4 members (excludes halogenated alkanes) is 18. The molecule has 0 aromatic heterocycles. The zero-order valence-corrected chi connectivity index (χ0v) is 30.1. The molecule has 0 aliphatic carbocycles. The Hall–Kier alpha value is -0.126. The number of carboxylic acids is 3. The predicted molar refractivity (Wildman–Crippen MR) is 163 cm³/mol. The number of hydrogen-bond donors (Lipinski definition) is 6. The third kappa shape index (κ3) is 92.2. The van der Waals surface area contributed by atoms with E-state index < -0.39 is 25.2 Å². The average molecular weight is 755 g/mol. The summed E-state index contributed by atoms with van der Waals surface area (Å²) >= 11 is 0. The Kier molecular flexibility index (Phi) is 73.8. The van der Waals surface area contributed by atoms with E-state index in [4.69, 9.17) is 30.4 Å². The van der Waals surface area contributed by atoms with Crippen LogP contribution in [0.25, 0.3) is 0 Å². The van der Waals surface area contributed by atoms with Crippen molar-refractivity contribution < 1.29 is 95.1 Å². The summed E-state index contributed by atoms with van der Waals surface area (Å²) in [6, 6.07) is 0. The SMILES string of the molecule is CCCCCCCCCC(=O)O.CCCCCCCCCC(=O)O.CCCCCCCCCC(=O)O.OB(O)O.[Co].[Co].[Co]. The molecule has 6 N–H and O–H groups in total. The maximum atomic E-state index is 10.1. The molecule has 3 radical (unpaired) electrons. The van der Waals surface area contributed by atoms with Crippen LogP contribution in [-0.4, -0.2) is 55.6 Å². The fraction of sp³-hybridized carbons (Fsp3) is 0.900. The molecule has 0 spiro atoms. The van der Waals surface area contributed by atoms with Crippen molar-refractivity contribution in [1.82, 2.24) is 0 Å². The number of rotatable bonds is 24. The van der Waals surface area contributed by atoms with Crippen LogP contribution in [0.15, 0.2) is 0 Å². The monoisotopic (exact) mass is 755 g/mol. The first-order valence-corrected chi connectivity index (χ1v) is 15.7. The second-order valence-electron chi connectivity index (χ2n) is 10.1. The molecule has 0 atom stereocenters. The van der Waals surface area contributed by atoms with E-state index in [-0.39, 0.29) is 50.3 Å². The molecule has 0 saturated carbocycles. The predicted octanol–water partition coefficient (Wildman–Crippen LogP) is 7.58. The van der Waals surface area contributed by atoms with Gasteiger partial charge < -0.3 is 30.4 Å². The molecular weight excluding hydrogens is 692 g/mol. The van der Waals surface area contributed by atoms with Gasteiger partial charge in [-0.25, -0.2) is 0 Å². The Morgan fingerprint density at radius 2 is 0.512 bits per heavy atom. The molecule has 0 aliphatic rings. The minimum Gasteiger partial charge on any atom is -0.481 e. The molecule has 267 valence electrons. The van der Waals surface area contributed by atoms with Crippen LogP contribution >= 0.6 is 0 Å². The minimum atomic E-state index is -2.17. The van der Waals surface area contributed by atoms with Crippen molar-refractivity contribution in [3.05, 3.63) is 0 Å². The van der Waals surface area contributed by atoms with Crippen molar-refractivity contribution in [2.75, 3.05) is 0 Å². The Morgan fingerprint density at radius 1 is 0.372 bits per heavy atom. The summed E-state index contributed by atoms with van der Waals surface area (Å²) in [4.78, 5) is 30.4. The van der Waals surface area contributed by atoms with Gasteiger partial charge in [-0.1, -0.05) is 136 Å². The van der Waals surface area contributed by atoms with Crippen molar-refractivity contribution in [2.24, 2.45) is 0 Å². The van der Waals surface area contributed by atoms with Gasteiger partial charge in [0.15, 0.2) is 0 Å². The Labute approximate surface area is 293 Å². The molecule has 0 aromatic rings. The van der Waals surface area contributed by atoms with Gasteiger partial charge in [0.05, 0.1) is 0 Å². The standard InChI is InChI=1S/3C10H20O2.BH3O3.3Co/c3*1-2-3-4-5-6-7-8-9-10(11)12;2-1(3)4;;;/h3*2-9H2,1H3,(H,11,12);2-4H;;;. The zero-order valence-electron chi connectivity index (χ0n) is 27.0. The van der Waals surface area contributed by atoms with Gasteiger partial charge in [-0.05, 0) is 19.3 Å². The largest absolute Gasteiger partial charge is 0.631 e. The molecule has 0 aromatic carbocycles. The van der Waals surface area contributed by atoms with E-state index in [1.165, 1.54) is 96.3 Å². The van der Waals surface area contributed by atoms with Gasteiger partial charge in [0.2, 0.25) is 0 Å². The first-order chi connectivity index (χ1) is 19.0. The third-order valence-electron chi connectivity index (χ3n) is 5.98. The molecule has 9 nitrogen and oxygen atoms in total. The summed E-state index contributed by atoms with van der Waals surface area (Å²) in [6.45, 7) is 6.60. The van der Waals surface area contributed by atoms with E-state index in [0.717, 1.165) is 38.5 Å². The van der Waals surface area contributed by atoms with Crippen molar-refractivity contribution in [2.45, 2.75) is 175 Å². The van der Waals surface area contributed by atoms with Crippen molar-refractivity contribution in [1.29, 1.82) is 0 Å². The van der Waals surface area contributed by atoms with E-state index in [0.29, 0.717) is 19.3 Å². The van der Waals surface area contributed by atoms with Crippen molar-refractivity contribution >= 4 is 25.2 Å². The van der Waals surface area contributed by atoms with Gasteiger partial charge in [-0.2, -0.15) is 0 Å². The summed E-state index contributed by atoms with van der Waals surface area (Å²) < 4.78 is 0. The van der Waals surface area contributed by atoms with E-state index in [2.05, 4.69) is 20.8 Å². The van der Waals surface area contributed by atoms with Crippen LogP contribution in [0.4, 0.5) is 0 Å². The van der Waals surface area contributed by atoms with Gasteiger partial charge in [-0.3, -0.25) is 14.4 Å². The summed E-state index contributed by atoms with van der Waals surface area (Å²) in [6.07, 6.45) is 25.9. The van der Waals surface area contributed by atoms with Crippen LogP contribution in [0.3, 0.4) is 0 Å². The molecule has 0 unspecified atom stereocenters. The van der Waals surface area contributed by atoms with Crippen molar-refractivity contribution in [3.63, 3.8) is 0 Å². The van der Waals surface area contributed by atoms with Crippen LogP contribution < -0.4 is 0 Å². The van der Waals surface area contributed by atoms with Gasteiger partial charge in [0.1, 0.15) is 0 Å². The van der Waals surface area contributed by atoms with E-state index in [9.17, 15) is 14.4 Å².